The molecule has 0 aliphatic carbocycles. The van der Waals surface area contributed by atoms with Crippen molar-refractivity contribution in [3.63, 3.8) is 0 Å². The van der Waals surface area contributed by atoms with Gasteiger partial charge in [0.15, 0.2) is 6.61 Å². The molecule has 0 saturated carbocycles. The van der Waals surface area contributed by atoms with Crippen LogP contribution in [0.5, 0.6) is 11.5 Å². The Bertz CT molecular complexity index is 789. The molecule has 2 aromatic rings. The van der Waals surface area contributed by atoms with Gasteiger partial charge in [-0.15, -0.1) is 0 Å². The van der Waals surface area contributed by atoms with Gasteiger partial charge in [0.25, 0.3) is 5.91 Å². The van der Waals surface area contributed by atoms with Crippen LogP contribution in [0.25, 0.3) is 0 Å². The molecule has 0 atom stereocenters. The van der Waals surface area contributed by atoms with Gasteiger partial charge in [-0.25, -0.2) is 0 Å². The van der Waals surface area contributed by atoms with E-state index < -0.39 is 0 Å². The quantitative estimate of drug-likeness (QED) is 0.792. The van der Waals surface area contributed by atoms with Crippen molar-refractivity contribution in [3.05, 3.63) is 48.0 Å². The Hall–Kier alpha value is -3.02. The number of anilines is 2. The Labute approximate surface area is 146 Å². The van der Waals surface area contributed by atoms with E-state index in [1.165, 1.54) is 0 Å². The third-order valence-electron chi connectivity index (χ3n) is 3.70. The lowest BCUT2D eigenvalue weighted by Crippen LogP contribution is -2.25. The number of hydrogen-bond acceptors (Lipinski definition) is 4. The zero-order chi connectivity index (χ0) is 17.6. The van der Waals surface area contributed by atoms with Crippen LogP contribution in [0.1, 0.15) is 18.4 Å². The Morgan fingerprint density at radius 2 is 2.16 bits per heavy atom. The number of ether oxygens (including phenoxy) is 2. The molecule has 0 radical (unpaired) electrons. The molecule has 0 aromatic heterocycles. The van der Waals surface area contributed by atoms with Crippen molar-refractivity contribution in [3.8, 4) is 11.5 Å². The lowest BCUT2D eigenvalue weighted by Gasteiger charge is -2.18. The zero-order valence-electron chi connectivity index (χ0n) is 14.0. The third-order valence-corrected chi connectivity index (χ3v) is 3.70. The smallest absolute Gasteiger partial charge is 0.262 e. The van der Waals surface area contributed by atoms with E-state index in [1.807, 2.05) is 31.2 Å². The highest BCUT2D eigenvalue weighted by molar-refractivity contribution is 5.97. The van der Waals surface area contributed by atoms with E-state index in [9.17, 15) is 9.59 Å². The minimum Gasteiger partial charge on any atom is -0.494 e. The largest absolute Gasteiger partial charge is 0.494 e. The van der Waals surface area contributed by atoms with E-state index in [4.69, 9.17) is 9.47 Å². The van der Waals surface area contributed by atoms with Crippen molar-refractivity contribution >= 4 is 23.2 Å². The average Bonchev–Trinajstić information content (AvgIpc) is 2.58. The predicted molar refractivity (Wildman–Crippen MR) is 95.1 cm³/mol. The van der Waals surface area contributed by atoms with Crippen LogP contribution in [-0.4, -0.2) is 25.0 Å². The summed E-state index contributed by atoms with van der Waals surface area (Å²) in [6.45, 7) is 2.50. The molecule has 3 rings (SSSR count). The first-order chi connectivity index (χ1) is 12.1. The summed E-state index contributed by atoms with van der Waals surface area (Å²) >= 11 is 0. The Morgan fingerprint density at radius 3 is 3.00 bits per heavy atom. The van der Waals surface area contributed by atoms with Crippen molar-refractivity contribution in [1.82, 2.24) is 0 Å². The molecule has 1 aliphatic rings. The summed E-state index contributed by atoms with van der Waals surface area (Å²) in [7, 11) is 0. The van der Waals surface area contributed by atoms with E-state index in [0.29, 0.717) is 36.6 Å². The molecule has 0 saturated heterocycles. The van der Waals surface area contributed by atoms with Gasteiger partial charge in [-0.3, -0.25) is 9.59 Å². The number of benzene rings is 2. The van der Waals surface area contributed by atoms with Crippen molar-refractivity contribution in [2.24, 2.45) is 0 Å². The maximum Gasteiger partial charge on any atom is 0.262 e. The van der Waals surface area contributed by atoms with Crippen molar-refractivity contribution in [2.75, 3.05) is 23.8 Å². The molecular weight excluding hydrogens is 320 g/mol. The van der Waals surface area contributed by atoms with Gasteiger partial charge in [0.2, 0.25) is 5.91 Å². The Morgan fingerprint density at radius 1 is 1.28 bits per heavy atom. The second-order valence-electron chi connectivity index (χ2n) is 5.86. The SMILES string of the molecule is Cc1cccc(OCCCC(=O)Nc2ccc3c(c2)NC(=O)CO3)c1. The van der Waals surface area contributed by atoms with Crippen molar-refractivity contribution in [2.45, 2.75) is 19.8 Å². The lowest BCUT2D eigenvalue weighted by atomic mass is 10.2. The number of rotatable bonds is 6. The fourth-order valence-corrected chi connectivity index (χ4v) is 2.51. The van der Waals surface area contributed by atoms with Crippen LogP contribution < -0.4 is 20.1 Å². The van der Waals surface area contributed by atoms with Gasteiger partial charge in [0, 0.05) is 12.1 Å². The normalized spacial score (nSPS) is 12.6. The number of nitrogens with one attached hydrogen (secondary N) is 2. The first-order valence-corrected chi connectivity index (χ1v) is 8.16. The molecule has 0 fully saturated rings. The van der Waals surface area contributed by atoms with Gasteiger partial charge in [-0.2, -0.15) is 0 Å². The molecule has 6 heteroatoms. The van der Waals surface area contributed by atoms with Crippen LogP contribution in [0.4, 0.5) is 11.4 Å². The standard InChI is InChI=1S/C19H20N2O4/c1-13-4-2-5-15(10-13)24-9-3-6-18(22)20-14-7-8-17-16(11-14)21-19(23)12-25-17/h2,4-5,7-8,10-11H,3,6,9,12H2,1H3,(H,20,22)(H,21,23). The lowest BCUT2D eigenvalue weighted by molar-refractivity contribution is -0.118. The van der Waals surface area contributed by atoms with Crippen LogP contribution >= 0.6 is 0 Å². The number of fused-ring (bicyclic) bond motifs is 1. The first kappa shape index (κ1) is 16.8. The number of aryl methyl sites for hydroxylation is 1. The minimum absolute atomic E-state index is 0.0135. The van der Waals surface area contributed by atoms with Crippen LogP contribution in [0.15, 0.2) is 42.5 Å². The Balaban J connectivity index is 1.45. The highest BCUT2D eigenvalue weighted by atomic mass is 16.5. The van der Waals surface area contributed by atoms with Gasteiger partial charge in [-0.05, 0) is 49.2 Å². The van der Waals surface area contributed by atoms with Crippen LogP contribution in [0.2, 0.25) is 0 Å². The van der Waals surface area contributed by atoms with Crippen LogP contribution in [0, 0.1) is 6.92 Å². The summed E-state index contributed by atoms with van der Waals surface area (Å²) in [5.74, 6) is 1.11. The molecule has 25 heavy (non-hydrogen) atoms. The van der Waals surface area contributed by atoms with Gasteiger partial charge in [0.1, 0.15) is 11.5 Å². The summed E-state index contributed by atoms with van der Waals surface area (Å²) in [5.41, 5.74) is 2.32. The number of carbonyl (C=O) groups is 2. The first-order valence-electron chi connectivity index (χ1n) is 8.16. The predicted octanol–water partition coefficient (Wildman–Crippen LogP) is 3.12. The molecule has 1 aliphatic heterocycles. The molecule has 1 heterocycles. The van der Waals surface area contributed by atoms with Crippen molar-refractivity contribution < 1.29 is 19.1 Å². The topological polar surface area (TPSA) is 76.7 Å². The monoisotopic (exact) mass is 340 g/mol. The second-order valence-corrected chi connectivity index (χ2v) is 5.86. The fraction of sp³-hybridized carbons (Fsp3) is 0.263. The highest BCUT2D eigenvalue weighted by Gasteiger charge is 2.16. The molecule has 2 amide bonds. The van der Waals surface area contributed by atoms with Crippen LogP contribution in [-0.2, 0) is 9.59 Å². The second kappa shape index (κ2) is 7.70. The molecule has 2 aromatic carbocycles. The summed E-state index contributed by atoms with van der Waals surface area (Å²) in [4.78, 5) is 23.4. The highest BCUT2D eigenvalue weighted by Crippen LogP contribution is 2.30. The average molecular weight is 340 g/mol. The van der Waals surface area contributed by atoms with Crippen LogP contribution in [0.3, 0.4) is 0 Å². The van der Waals surface area contributed by atoms with E-state index >= 15 is 0 Å². The minimum atomic E-state index is -0.204. The molecule has 0 spiro atoms. The number of hydrogen-bond donors (Lipinski definition) is 2. The number of carbonyl (C=O) groups excluding carboxylic acids is 2. The fourth-order valence-electron chi connectivity index (χ4n) is 2.51. The maximum atomic E-state index is 12.0. The maximum absolute atomic E-state index is 12.0. The van der Waals surface area contributed by atoms with E-state index in [-0.39, 0.29) is 18.4 Å². The molecule has 6 nitrogen and oxygen atoms in total. The molecule has 130 valence electrons. The summed E-state index contributed by atoms with van der Waals surface area (Å²) < 4.78 is 10.9. The molecule has 2 N–H and O–H groups in total. The molecule has 0 unspecified atom stereocenters. The molecular formula is C19H20N2O4. The molecule has 0 bridgehead atoms. The van der Waals surface area contributed by atoms with Gasteiger partial charge >= 0.3 is 0 Å². The third kappa shape index (κ3) is 4.73. The van der Waals surface area contributed by atoms with Gasteiger partial charge < -0.3 is 20.1 Å². The summed E-state index contributed by atoms with van der Waals surface area (Å²) in [5, 5.41) is 5.53. The van der Waals surface area contributed by atoms with E-state index in [0.717, 1.165) is 11.3 Å². The zero-order valence-corrected chi connectivity index (χ0v) is 14.0. The van der Waals surface area contributed by atoms with E-state index in [2.05, 4.69) is 10.6 Å². The van der Waals surface area contributed by atoms with Crippen molar-refractivity contribution in [1.29, 1.82) is 0 Å². The van der Waals surface area contributed by atoms with E-state index in [1.54, 1.807) is 18.2 Å². The summed E-state index contributed by atoms with van der Waals surface area (Å²) in [6.07, 6.45) is 0.969. The summed E-state index contributed by atoms with van der Waals surface area (Å²) in [6, 6.07) is 13.0. The van der Waals surface area contributed by atoms with Gasteiger partial charge in [0.05, 0.1) is 12.3 Å². The Kier molecular flexibility index (Phi) is 5.18. The van der Waals surface area contributed by atoms with Gasteiger partial charge in [-0.1, -0.05) is 12.1 Å². The number of amides is 2.